The van der Waals surface area contributed by atoms with Gasteiger partial charge in [-0.15, -0.1) is 5.10 Å². The third kappa shape index (κ3) is 2.70. The van der Waals surface area contributed by atoms with E-state index in [0.29, 0.717) is 21.8 Å². The van der Waals surface area contributed by atoms with Gasteiger partial charge in [-0.1, -0.05) is 29.8 Å². The first-order valence-electron chi connectivity index (χ1n) is 9.14. The Bertz CT molecular complexity index is 1150. The summed E-state index contributed by atoms with van der Waals surface area (Å²) in [5, 5.41) is 14.6. The van der Waals surface area contributed by atoms with Crippen molar-refractivity contribution in [3.63, 3.8) is 0 Å². The molecule has 0 spiro atoms. The van der Waals surface area contributed by atoms with Gasteiger partial charge in [0.2, 0.25) is 5.95 Å². The number of anilines is 1. The summed E-state index contributed by atoms with van der Waals surface area (Å²) in [7, 11) is 0. The molecule has 5 rings (SSSR count). The van der Waals surface area contributed by atoms with Crippen molar-refractivity contribution < 1.29 is 19.3 Å². The molecule has 0 saturated carbocycles. The van der Waals surface area contributed by atoms with Crippen LogP contribution in [0.2, 0.25) is 5.02 Å². The normalized spacial score (nSPS) is 31.4. The zero-order valence-corrected chi connectivity index (χ0v) is 16.2. The Balaban J connectivity index is 1.59. The zero-order valence-electron chi connectivity index (χ0n) is 15.4. The van der Waals surface area contributed by atoms with Crippen LogP contribution in [0, 0.1) is 0 Å². The highest BCUT2D eigenvalue weighted by Gasteiger charge is 2.62. The van der Waals surface area contributed by atoms with Crippen molar-refractivity contribution in [3.8, 4) is 0 Å². The van der Waals surface area contributed by atoms with Gasteiger partial charge in [0.05, 0.1) is 12.3 Å². The van der Waals surface area contributed by atoms with Gasteiger partial charge in [0.1, 0.15) is 29.4 Å². The molecule has 0 amide bonds. The lowest BCUT2D eigenvalue weighted by Gasteiger charge is -2.27. The first kappa shape index (κ1) is 18.6. The molecule has 152 valence electrons. The molecular weight excluding hydrogens is 400 g/mol. The lowest BCUT2D eigenvalue weighted by Crippen LogP contribution is -2.40. The molecule has 0 aliphatic carbocycles. The van der Waals surface area contributed by atoms with E-state index >= 15 is 0 Å². The molecule has 1 aromatic carbocycles. The average Bonchev–Trinajstić information content (AvgIpc) is 3.32. The minimum Gasteiger partial charge on any atom is -0.394 e. The first-order valence-corrected chi connectivity index (χ1v) is 9.51. The molecule has 2 aromatic heterocycles. The summed E-state index contributed by atoms with van der Waals surface area (Å²) >= 11 is 6.32. The number of aromatic amines is 1. The third-order valence-electron chi connectivity index (χ3n) is 5.54. The number of nitrogens with two attached hydrogens (primary N) is 1. The van der Waals surface area contributed by atoms with Gasteiger partial charge >= 0.3 is 0 Å². The second kappa shape index (κ2) is 6.54. The van der Waals surface area contributed by atoms with E-state index in [-0.39, 0.29) is 18.1 Å². The van der Waals surface area contributed by atoms with E-state index in [0.717, 1.165) is 0 Å². The van der Waals surface area contributed by atoms with Crippen molar-refractivity contribution in [1.29, 1.82) is 0 Å². The van der Waals surface area contributed by atoms with Crippen LogP contribution >= 0.6 is 11.6 Å². The van der Waals surface area contributed by atoms with Crippen molar-refractivity contribution in [1.82, 2.24) is 14.6 Å². The van der Waals surface area contributed by atoms with Crippen molar-refractivity contribution in [3.05, 3.63) is 63.0 Å². The summed E-state index contributed by atoms with van der Waals surface area (Å²) in [5.74, 6) is -0.0177. The van der Waals surface area contributed by atoms with Crippen LogP contribution in [0.15, 0.2) is 41.2 Å². The molecule has 3 aromatic rings. The van der Waals surface area contributed by atoms with Crippen LogP contribution in [0.4, 0.5) is 5.95 Å². The molecule has 9 nitrogen and oxygen atoms in total. The molecule has 5 atom stereocenters. The fraction of sp³-hybridized carbons (Fsp3) is 0.368. The summed E-state index contributed by atoms with van der Waals surface area (Å²) in [5.41, 5.74) is 6.00. The molecule has 4 heterocycles. The number of nitrogens with one attached hydrogen (secondary N) is 1. The Morgan fingerprint density at radius 3 is 2.86 bits per heavy atom. The van der Waals surface area contributed by atoms with Gasteiger partial charge in [0.15, 0.2) is 6.29 Å². The molecular formula is C19H19ClN4O5. The second-order valence-electron chi connectivity index (χ2n) is 7.34. The molecule has 0 radical (unpaired) electrons. The van der Waals surface area contributed by atoms with Crippen molar-refractivity contribution in [2.24, 2.45) is 0 Å². The lowest BCUT2D eigenvalue weighted by molar-refractivity contribution is -0.158. The molecule has 2 saturated heterocycles. The van der Waals surface area contributed by atoms with Crippen molar-refractivity contribution >= 4 is 23.1 Å². The van der Waals surface area contributed by atoms with Crippen LogP contribution in [0.1, 0.15) is 30.6 Å². The molecule has 4 N–H and O–H groups in total. The standard InChI is InChI=1S/C19H19ClN4O5/c1-19-14(11-6-7-12-16(26)22-18(21)23-24(11)12)27-13(8-25)15(19)28-17(29-19)9-4-2-3-5-10(9)20/h2-7,13-15,17,25H,8H2,1H3,(H3,21,22,23,26)/t13-,14+,15-,17?,19+/m1/s1. The van der Waals surface area contributed by atoms with Crippen molar-refractivity contribution in [2.45, 2.75) is 37.1 Å². The number of hydrogen-bond acceptors (Lipinski definition) is 7. The SMILES string of the molecule is C[C@@]12OC(c3ccccc3Cl)O[C@@H]1[C@@H](CO)O[C@H]2c1ccc2c(=O)[nH]c(N)nn12. The summed E-state index contributed by atoms with van der Waals surface area (Å²) in [6, 6.07) is 10.6. The summed E-state index contributed by atoms with van der Waals surface area (Å²) in [4.78, 5) is 14.6. The van der Waals surface area contributed by atoms with Gasteiger partial charge in [0, 0.05) is 10.6 Å². The van der Waals surface area contributed by atoms with Crippen LogP contribution in [0.5, 0.6) is 0 Å². The number of aromatic nitrogens is 3. The molecule has 1 unspecified atom stereocenters. The number of nitrogen functional groups attached to an aromatic ring is 1. The summed E-state index contributed by atoms with van der Waals surface area (Å²) in [6.45, 7) is 1.60. The smallest absolute Gasteiger partial charge is 0.276 e. The average molecular weight is 419 g/mol. The van der Waals surface area contributed by atoms with E-state index in [1.54, 1.807) is 18.2 Å². The maximum Gasteiger partial charge on any atom is 0.276 e. The number of ether oxygens (including phenoxy) is 3. The number of aliphatic hydroxyl groups excluding tert-OH is 1. The van der Waals surface area contributed by atoms with Gasteiger partial charge in [0.25, 0.3) is 5.56 Å². The first-order chi connectivity index (χ1) is 13.9. The minimum atomic E-state index is -0.954. The number of benzene rings is 1. The third-order valence-corrected chi connectivity index (χ3v) is 5.88. The molecule has 2 fully saturated rings. The van der Waals surface area contributed by atoms with Gasteiger partial charge in [-0.05, 0) is 25.1 Å². The van der Waals surface area contributed by atoms with Crippen LogP contribution in [0.3, 0.4) is 0 Å². The highest BCUT2D eigenvalue weighted by atomic mass is 35.5. The highest BCUT2D eigenvalue weighted by molar-refractivity contribution is 6.31. The van der Waals surface area contributed by atoms with Gasteiger partial charge < -0.3 is 25.1 Å². The van der Waals surface area contributed by atoms with E-state index in [4.69, 9.17) is 31.5 Å². The van der Waals surface area contributed by atoms with E-state index in [1.165, 1.54) is 4.52 Å². The maximum atomic E-state index is 12.2. The number of rotatable bonds is 3. The van der Waals surface area contributed by atoms with Crippen LogP contribution in [-0.2, 0) is 14.2 Å². The van der Waals surface area contributed by atoms with Crippen LogP contribution in [-0.4, -0.2) is 44.1 Å². The fourth-order valence-corrected chi connectivity index (χ4v) is 4.41. The topological polar surface area (TPSA) is 124 Å². The number of fused-ring (bicyclic) bond motifs is 2. The monoisotopic (exact) mass is 418 g/mol. The minimum absolute atomic E-state index is 0.0177. The Hall–Kier alpha value is -2.43. The molecule has 2 aliphatic rings. The number of nitrogens with zero attached hydrogens (tertiary/aromatic N) is 2. The van der Waals surface area contributed by atoms with Gasteiger partial charge in [-0.3, -0.25) is 9.78 Å². The largest absolute Gasteiger partial charge is 0.394 e. The Morgan fingerprint density at radius 2 is 2.10 bits per heavy atom. The van der Waals surface area contributed by atoms with Crippen LogP contribution in [0.25, 0.3) is 5.52 Å². The summed E-state index contributed by atoms with van der Waals surface area (Å²) < 4.78 is 20.0. The molecule has 2 aliphatic heterocycles. The Morgan fingerprint density at radius 1 is 1.31 bits per heavy atom. The molecule has 29 heavy (non-hydrogen) atoms. The van der Waals surface area contributed by atoms with Crippen LogP contribution < -0.4 is 11.3 Å². The molecule has 10 heteroatoms. The Labute approximate surface area is 169 Å². The Kier molecular flexibility index (Phi) is 4.19. The van der Waals surface area contributed by atoms with Crippen molar-refractivity contribution in [2.75, 3.05) is 12.3 Å². The summed E-state index contributed by atoms with van der Waals surface area (Å²) in [6.07, 6.45) is -2.55. The van der Waals surface area contributed by atoms with Gasteiger partial charge in [-0.2, -0.15) is 0 Å². The zero-order chi connectivity index (χ0) is 20.3. The molecule has 0 bridgehead atoms. The van der Waals surface area contributed by atoms with E-state index in [2.05, 4.69) is 10.1 Å². The van der Waals surface area contributed by atoms with Gasteiger partial charge in [-0.25, -0.2) is 4.52 Å². The maximum absolute atomic E-state index is 12.2. The van der Waals surface area contributed by atoms with E-state index < -0.39 is 30.2 Å². The van der Waals surface area contributed by atoms with E-state index in [9.17, 15) is 9.90 Å². The lowest BCUT2D eigenvalue weighted by atomic mass is 9.91. The number of halogens is 1. The predicted molar refractivity (Wildman–Crippen MR) is 103 cm³/mol. The highest BCUT2D eigenvalue weighted by Crippen LogP contribution is 2.53. The number of H-pyrrole nitrogens is 1. The second-order valence-corrected chi connectivity index (χ2v) is 7.75. The van der Waals surface area contributed by atoms with E-state index in [1.807, 2.05) is 25.1 Å². The number of hydrogen-bond donors (Lipinski definition) is 3. The predicted octanol–water partition coefficient (Wildman–Crippen LogP) is 1.56. The fourth-order valence-electron chi connectivity index (χ4n) is 4.19. The number of aliphatic hydroxyl groups is 1. The quantitative estimate of drug-likeness (QED) is 0.589.